The largest absolute Gasteiger partial charge is 0.465 e. The molecule has 7 heterocycles. The monoisotopic (exact) mass is 1150 g/mol. The van der Waals surface area contributed by atoms with Crippen LogP contribution >= 0.6 is 23.2 Å². The van der Waals surface area contributed by atoms with Gasteiger partial charge in [0.2, 0.25) is 0 Å². The maximum atomic E-state index is 14.2. The molecule has 24 heteroatoms. The van der Waals surface area contributed by atoms with Crippen molar-refractivity contribution in [1.29, 1.82) is 0 Å². The number of nitrogens with one attached hydrogen (secondary N) is 2. The molecule has 0 unspecified atom stereocenters. The number of halogens is 2. The lowest BCUT2D eigenvalue weighted by Crippen LogP contribution is -2.49. The average Bonchev–Trinajstić information content (AvgIpc) is 4.21. The van der Waals surface area contributed by atoms with Gasteiger partial charge in [-0.05, 0) is 103 Å². The highest BCUT2D eigenvalue weighted by Gasteiger charge is 2.37. The van der Waals surface area contributed by atoms with Crippen LogP contribution in [0, 0.1) is 0 Å². The third-order valence-electron chi connectivity index (χ3n) is 14.2. The third kappa shape index (κ3) is 12.4. The molecule has 0 spiro atoms. The molecule has 0 aliphatic carbocycles. The number of carbonyl (C=O) groups excluding carboxylic acids is 4. The van der Waals surface area contributed by atoms with Crippen LogP contribution in [0.3, 0.4) is 0 Å². The van der Waals surface area contributed by atoms with Gasteiger partial charge in [0.15, 0.2) is 0 Å². The van der Waals surface area contributed by atoms with Crippen LogP contribution in [0.1, 0.15) is 99.1 Å². The third-order valence-corrected chi connectivity index (χ3v) is 14.9. The Hall–Kier alpha value is -7.98. The Balaban J connectivity index is 0.000000213. The first-order valence-corrected chi connectivity index (χ1v) is 27.3. The van der Waals surface area contributed by atoms with Crippen molar-refractivity contribution in [3.8, 4) is 0 Å². The zero-order valence-electron chi connectivity index (χ0n) is 47.4. The van der Waals surface area contributed by atoms with Crippen molar-refractivity contribution in [1.82, 2.24) is 42.6 Å². The van der Waals surface area contributed by atoms with Gasteiger partial charge in [-0.2, -0.15) is 0 Å². The van der Waals surface area contributed by atoms with E-state index in [-0.39, 0.29) is 64.3 Å². The van der Waals surface area contributed by atoms with E-state index in [0.717, 1.165) is 20.3 Å². The number of aryl methyl sites for hydroxylation is 2. The van der Waals surface area contributed by atoms with Gasteiger partial charge in [0.1, 0.15) is 45.0 Å². The van der Waals surface area contributed by atoms with E-state index < -0.39 is 51.9 Å². The molecule has 2 aliphatic heterocycles. The molecular weight excluding hydrogens is 1090 g/mol. The Morgan fingerprint density at radius 1 is 0.568 bits per heavy atom. The molecule has 2 aromatic carbocycles. The summed E-state index contributed by atoms with van der Waals surface area (Å²) in [6, 6.07) is 17.5. The lowest BCUT2D eigenvalue weighted by atomic mass is 10.0. The second-order valence-electron chi connectivity index (χ2n) is 22.3. The fourth-order valence-corrected chi connectivity index (χ4v) is 11.0. The first-order chi connectivity index (χ1) is 38.2. The number of amides is 2. The van der Waals surface area contributed by atoms with Gasteiger partial charge in [-0.1, -0.05) is 59.6 Å². The summed E-state index contributed by atoms with van der Waals surface area (Å²) < 4.78 is 25.7. The van der Waals surface area contributed by atoms with Gasteiger partial charge in [-0.3, -0.25) is 37.2 Å². The van der Waals surface area contributed by atoms with Crippen molar-refractivity contribution < 1.29 is 33.4 Å². The molecule has 2 fully saturated rings. The highest BCUT2D eigenvalue weighted by molar-refractivity contribution is 6.31. The van der Waals surface area contributed by atoms with Gasteiger partial charge in [-0.25, -0.2) is 24.0 Å². The summed E-state index contributed by atoms with van der Waals surface area (Å²) in [6.07, 6.45) is 5.03. The number of ether oxygens (including phenoxy) is 3. The molecule has 2 aliphatic rings. The molecule has 7 aromatic rings. The van der Waals surface area contributed by atoms with Crippen molar-refractivity contribution in [2.24, 2.45) is 28.2 Å². The van der Waals surface area contributed by atoms with E-state index in [1.54, 1.807) is 100 Å². The van der Waals surface area contributed by atoms with E-state index in [1.165, 1.54) is 42.0 Å². The first-order valence-electron chi connectivity index (χ1n) is 26.6. The Kier molecular flexibility index (Phi) is 17.2. The number of anilines is 2. The normalized spacial score (nSPS) is 15.8. The fourth-order valence-electron chi connectivity index (χ4n) is 10.6. The van der Waals surface area contributed by atoms with Crippen LogP contribution in [0.5, 0.6) is 0 Å². The van der Waals surface area contributed by atoms with Gasteiger partial charge >= 0.3 is 29.5 Å². The predicted molar refractivity (Wildman–Crippen MR) is 311 cm³/mol. The Morgan fingerprint density at radius 3 is 1.36 bits per heavy atom. The van der Waals surface area contributed by atoms with Crippen molar-refractivity contribution in [2.75, 3.05) is 43.1 Å². The predicted octanol–water partition coefficient (Wildman–Crippen LogP) is 6.74. The van der Waals surface area contributed by atoms with E-state index in [4.69, 9.17) is 37.4 Å². The number of hydrogen-bond donors (Lipinski definition) is 2. The van der Waals surface area contributed by atoms with E-state index in [2.05, 4.69) is 10.6 Å². The summed E-state index contributed by atoms with van der Waals surface area (Å²) in [5, 5.41) is 6.88. The number of methoxy groups -OCH3 is 1. The van der Waals surface area contributed by atoms with Gasteiger partial charge in [-0.15, -0.1) is 0 Å². The molecule has 432 valence electrons. The number of piperidine rings is 2. The molecule has 2 saturated heterocycles. The molecule has 0 saturated carbocycles. The lowest BCUT2D eigenvalue weighted by molar-refractivity contribution is 0.0488. The van der Waals surface area contributed by atoms with Crippen molar-refractivity contribution in [2.45, 2.75) is 104 Å². The molecule has 0 radical (unpaired) electrons. The Labute approximate surface area is 476 Å². The van der Waals surface area contributed by atoms with Crippen LogP contribution in [-0.4, -0.2) is 113 Å². The summed E-state index contributed by atoms with van der Waals surface area (Å²) in [4.78, 5) is 110. The zero-order chi connectivity index (χ0) is 59.0. The zero-order valence-corrected chi connectivity index (χ0v) is 48.9. The molecule has 22 nitrogen and oxygen atoms in total. The smallest absolute Gasteiger partial charge is 0.407 e. The second-order valence-corrected chi connectivity index (χ2v) is 23.1. The first kappa shape index (κ1) is 59.1. The van der Waals surface area contributed by atoms with Crippen LogP contribution < -0.4 is 42.9 Å². The minimum Gasteiger partial charge on any atom is -0.465 e. The van der Waals surface area contributed by atoms with Crippen molar-refractivity contribution in [3.05, 3.63) is 147 Å². The van der Waals surface area contributed by atoms with E-state index in [9.17, 15) is 38.4 Å². The van der Waals surface area contributed by atoms with E-state index in [1.807, 2.05) is 40.1 Å². The SMILES string of the molecule is COC(=O)c1c(N2CCC[C@@H](NC(=O)OC(C)(C)C)C2)n(Cc2ccccc2Cl)c2c(=O)n(C)c(=O)n(C)c12.Cn1c(=O)c2c(c(C(=O)n3cccc3)c(N3CCC[C@@H](NC(=O)OC(C)(C)C)C3)n2Cc2ccccc2Cl)n(C)c1=O. The minimum atomic E-state index is -0.682. The number of nitrogens with zero attached hydrogens (tertiary/aromatic N) is 9. The summed E-state index contributed by atoms with van der Waals surface area (Å²) in [5.41, 5.74) is -0.859. The van der Waals surface area contributed by atoms with Crippen molar-refractivity contribution >= 4 is 81.0 Å². The number of fused-ring (bicyclic) bond motifs is 2. The summed E-state index contributed by atoms with van der Waals surface area (Å²) in [5.74, 6) is -0.162. The average molecular weight is 1160 g/mol. The molecule has 2 atom stereocenters. The summed E-state index contributed by atoms with van der Waals surface area (Å²) in [7, 11) is 7.15. The highest BCUT2D eigenvalue weighted by atomic mass is 35.5. The number of benzene rings is 2. The van der Waals surface area contributed by atoms with Crippen LogP contribution in [0.4, 0.5) is 21.2 Å². The fraction of sp³-hybridized carbons (Fsp3) is 0.439. The Bertz CT molecular complexity index is 3820. The molecule has 5 aromatic heterocycles. The summed E-state index contributed by atoms with van der Waals surface area (Å²) >= 11 is 13.1. The molecule has 9 rings (SSSR count). The summed E-state index contributed by atoms with van der Waals surface area (Å²) in [6.45, 7) is 12.9. The second kappa shape index (κ2) is 23.6. The topological polar surface area (TPSA) is 229 Å². The number of carbonyl (C=O) groups is 4. The maximum absolute atomic E-state index is 14.2. The number of alkyl carbamates (subject to hydrolysis) is 2. The van der Waals surface area contributed by atoms with Gasteiger partial charge < -0.3 is 43.8 Å². The van der Waals surface area contributed by atoms with E-state index in [0.29, 0.717) is 73.5 Å². The van der Waals surface area contributed by atoms with Gasteiger partial charge in [0.25, 0.3) is 17.0 Å². The molecule has 0 bridgehead atoms. The van der Waals surface area contributed by atoms with Crippen LogP contribution in [0.2, 0.25) is 10.0 Å². The van der Waals surface area contributed by atoms with Crippen LogP contribution in [0.15, 0.2) is 92.2 Å². The lowest BCUT2D eigenvalue weighted by Gasteiger charge is -2.36. The molecule has 2 N–H and O–H groups in total. The van der Waals surface area contributed by atoms with Crippen LogP contribution in [-0.2, 0) is 55.5 Å². The number of hydrogen-bond acceptors (Lipinski definition) is 13. The van der Waals surface area contributed by atoms with Gasteiger partial charge in [0, 0.05) is 88.9 Å². The van der Waals surface area contributed by atoms with Crippen molar-refractivity contribution in [3.63, 3.8) is 0 Å². The molecule has 2 amide bonds. The number of rotatable bonds is 10. The number of aromatic nitrogens is 7. The quantitative estimate of drug-likeness (QED) is 0.107. The minimum absolute atomic E-state index is 0.106. The standard InChI is InChI=1S/C30H35ClN6O5.C27H34ClN5O6/c1-30(2,3)42-28(40)32-20-12-10-16-36(18-20)25-22(26(38)35-14-8-9-15-35)23-24(27(39)34(5)29(41)33(23)4)37(25)17-19-11-6-7-13-21(19)31;1-27(2,3)39-25(36)29-17-11-9-13-32(15-17)22-19(24(35)38-6)20-21(23(34)31(5)26(37)30(20)4)33(22)14-16-10-7-8-12-18(16)28/h6-9,11,13-15,20H,10,12,16-18H2,1-5H3,(H,32,40);7-8,10,12,17H,9,11,13-15H2,1-6H3,(H,29,36)/t20-;17-/m11/s1. The van der Waals surface area contributed by atoms with E-state index >= 15 is 0 Å². The highest BCUT2D eigenvalue weighted by Crippen LogP contribution is 2.37. The number of esters is 1. The van der Waals surface area contributed by atoms with Gasteiger partial charge in [0.05, 0.1) is 31.2 Å². The van der Waals surface area contributed by atoms with Crippen LogP contribution in [0.25, 0.3) is 22.1 Å². The molecular formula is C57H69Cl2N11O11. The molecule has 81 heavy (non-hydrogen) atoms. The maximum Gasteiger partial charge on any atom is 0.407 e. The Morgan fingerprint density at radius 2 is 0.963 bits per heavy atom.